The summed E-state index contributed by atoms with van der Waals surface area (Å²) in [7, 11) is 0. The lowest BCUT2D eigenvalue weighted by Gasteiger charge is -2.35. The number of phenolic OH excluding ortho intramolecular Hbond substituents is 4. The van der Waals surface area contributed by atoms with E-state index in [-0.39, 0.29) is 198 Å². The van der Waals surface area contributed by atoms with Gasteiger partial charge in [-0.1, -0.05) is 27.7 Å². The number of amides is 6. The molecule has 3 saturated heterocycles. The largest absolute Gasteiger partial charge is 0.508 e. The number of phenols is 4. The van der Waals surface area contributed by atoms with Gasteiger partial charge in [0.05, 0.1) is 30.8 Å². The second kappa shape index (κ2) is 40.1. The third-order valence-electron chi connectivity index (χ3n) is 20.1. The van der Waals surface area contributed by atoms with Crippen molar-refractivity contribution in [2.75, 3.05) is 118 Å². The first-order chi connectivity index (χ1) is 54.0. The van der Waals surface area contributed by atoms with E-state index in [1.54, 1.807) is 89.2 Å². The number of aromatic nitrogens is 6. The Hall–Kier alpha value is -11.5. The highest BCUT2D eigenvalue weighted by Gasteiger charge is 2.34. The van der Waals surface area contributed by atoms with Crippen LogP contribution in [0.4, 0.5) is 0 Å². The predicted octanol–water partition coefficient (Wildman–Crippen LogP) is 3.67. The normalized spacial score (nSPS) is 16.0. The Bertz CT molecular complexity index is 4310. The molecule has 0 aliphatic carbocycles. The highest BCUT2D eigenvalue weighted by Crippen LogP contribution is 2.41. The van der Waals surface area contributed by atoms with Gasteiger partial charge < -0.3 is 81.4 Å². The Morgan fingerprint density at radius 3 is 1.23 bits per heavy atom. The number of nitrogens with zero attached hydrogens (tertiary/aromatic N) is 12. The van der Waals surface area contributed by atoms with E-state index < -0.39 is 79.1 Å². The summed E-state index contributed by atoms with van der Waals surface area (Å²) in [4.78, 5) is 141. The maximum Gasteiger partial charge on any atom is 0.320 e. The summed E-state index contributed by atoms with van der Waals surface area (Å²) in [5.74, 6) is -7.71. The van der Waals surface area contributed by atoms with E-state index in [4.69, 9.17) is 9.47 Å². The van der Waals surface area contributed by atoms with Gasteiger partial charge in [-0.3, -0.25) is 76.7 Å². The topological polar surface area (TPSA) is 480 Å². The molecule has 0 bridgehead atoms. The van der Waals surface area contributed by atoms with E-state index in [2.05, 4.69) is 41.7 Å². The highest BCUT2D eigenvalue weighted by atomic mass is 16.5. The Kier molecular flexibility index (Phi) is 30.3. The molecule has 3 aliphatic heterocycles. The number of piperidine rings is 2. The second-order valence-electron chi connectivity index (χ2n) is 28.8. The van der Waals surface area contributed by atoms with Crippen LogP contribution in [-0.2, 0) is 38.4 Å². The van der Waals surface area contributed by atoms with Gasteiger partial charge in [0.2, 0.25) is 35.3 Å². The standard InChI is InChI=1S/C77H102N16O20/c1-7-78-75(108)72-84-82-70(56-39-54(46(3)4)60(94)41-62(56)96)92(72)48-9-13-50(14-10-48)112-52-22-27-90(28-23-52)65(99)20-17-58(81-64(98)19-18-59(77(110)111)89-37-35-87(44-68(103)104)33-31-86(43-67(101)102)32-34-88(36-38-89)45-69(105)106)74(107)80-26-21-66(100)91-29-24-53(25-30-91)113-51-15-11-49(12-16-51)93-71(83-85-73(93)76(109)79-8-2)57-40-55(47(5)6)61(95)42-63(57)97/h9-16,39-42,46-47,52-53,58-59,94-97H,7-8,17-38,43-45H2,1-6H3,(H,78,108)(H,79,109)(H,80,107)(H,81,98)(H,101,102)(H,103,104)(H,105,106)(H,110,111)/t58-,59-/m1/s1. The van der Waals surface area contributed by atoms with Crippen LogP contribution in [0.2, 0.25) is 0 Å². The molecule has 0 spiro atoms. The molecular formula is C77H102N16O20. The Labute approximate surface area is 652 Å². The lowest BCUT2D eigenvalue weighted by atomic mass is 9.98. The summed E-state index contributed by atoms with van der Waals surface area (Å²) in [5.41, 5.74) is 2.52. The number of likely N-dealkylation sites (tertiary alicyclic amines) is 2. The van der Waals surface area contributed by atoms with Crippen molar-refractivity contribution < 1.29 is 98.3 Å². The molecule has 5 heterocycles. The summed E-state index contributed by atoms with van der Waals surface area (Å²) in [6.07, 6.45) is -0.265. The Balaban J connectivity index is 0.836. The van der Waals surface area contributed by atoms with Crippen LogP contribution in [0.25, 0.3) is 34.2 Å². The number of carboxylic acids is 4. The average Bonchev–Trinajstić information content (AvgIpc) is 1.68. The average molecular weight is 1570 g/mol. The molecule has 6 aromatic rings. The van der Waals surface area contributed by atoms with Gasteiger partial charge in [-0.25, -0.2) is 0 Å². The molecule has 0 unspecified atom stereocenters. The maximum absolute atomic E-state index is 14.3. The number of ether oxygens (including phenoxy) is 2. The second-order valence-corrected chi connectivity index (χ2v) is 28.8. The Morgan fingerprint density at radius 2 is 0.858 bits per heavy atom. The number of carbonyl (C=O) groups excluding carboxylic acids is 6. The highest BCUT2D eigenvalue weighted by molar-refractivity contribution is 5.93. The predicted molar refractivity (Wildman–Crippen MR) is 408 cm³/mol. The molecule has 3 aliphatic rings. The number of carboxylic acid groups (broad SMARTS) is 4. The lowest BCUT2D eigenvalue weighted by Crippen LogP contribution is -2.52. The van der Waals surface area contributed by atoms with Crippen molar-refractivity contribution in [1.82, 2.24) is 80.2 Å². The first-order valence-corrected chi connectivity index (χ1v) is 38.0. The molecule has 0 saturated carbocycles. The minimum Gasteiger partial charge on any atom is -0.508 e. The maximum atomic E-state index is 14.3. The molecule has 36 nitrogen and oxygen atoms in total. The van der Waals surface area contributed by atoms with E-state index in [1.807, 2.05) is 27.7 Å². The van der Waals surface area contributed by atoms with Crippen molar-refractivity contribution >= 4 is 59.3 Å². The molecular weight excluding hydrogens is 1470 g/mol. The molecule has 113 heavy (non-hydrogen) atoms. The third kappa shape index (κ3) is 23.3. The quantitative estimate of drug-likeness (QED) is 0.0280. The molecule has 12 N–H and O–H groups in total. The van der Waals surface area contributed by atoms with Gasteiger partial charge in [0.15, 0.2) is 11.6 Å². The summed E-state index contributed by atoms with van der Waals surface area (Å²) >= 11 is 0. The van der Waals surface area contributed by atoms with Crippen molar-refractivity contribution in [3.63, 3.8) is 0 Å². The molecule has 0 radical (unpaired) electrons. The molecule has 9 rings (SSSR count). The van der Waals surface area contributed by atoms with Gasteiger partial charge in [0.1, 0.15) is 58.8 Å². The molecule has 4 aromatic carbocycles. The third-order valence-corrected chi connectivity index (χ3v) is 20.1. The van der Waals surface area contributed by atoms with Gasteiger partial charge in [0, 0.05) is 167 Å². The van der Waals surface area contributed by atoms with Crippen LogP contribution in [0.15, 0.2) is 72.8 Å². The molecule has 3 fully saturated rings. The van der Waals surface area contributed by atoms with E-state index in [9.17, 15) is 88.8 Å². The monoisotopic (exact) mass is 1570 g/mol. The van der Waals surface area contributed by atoms with E-state index >= 15 is 0 Å². The van der Waals surface area contributed by atoms with Gasteiger partial charge >= 0.3 is 23.9 Å². The van der Waals surface area contributed by atoms with Gasteiger partial charge in [-0.05, 0) is 110 Å². The van der Waals surface area contributed by atoms with Crippen LogP contribution in [0.1, 0.15) is 144 Å². The fourth-order valence-corrected chi connectivity index (χ4v) is 14.0. The van der Waals surface area contributed by atoms with Crippen LogP contribution >= 0.6 is 0 Å². The fraction of sp³-hybridized carbons (Fsp3) is 0.506. The first-order valence-electron chi connectivity index (χ1n) is 38.0. The number of hydrogen-bond donors (Lipinski definition) is 12. The molecule has 2 atom stereocenters. The number of nitrogens with one attached hydrogen (secondary N) is 4. The minimum atomic E-state index is -1.38. The van der Waals surface area contributed by atoms with Crippen molar-refractivity contribution in [1.29, 1.82) is 0 Å². The van der Waals surface area contributed by atoms with E-state index in [0.29, 0.717) is 85.9 Å². The van der Waals surface area contributed by atoms with Gasteiger partial charge in [-0.2, -0.15) is 0 Å². The van der Waals surface area contributed by atoms with E-state index in [0.717, 1.165) is 0 Å². The summed E-state index contributed by atoms with van der Waals surface area (Å²) in [5, 5.41) is 111. The zero-order valence-electron chi connectivity index (χ0n) is 64.3. The van der Waals surface area contributed by atoms with Crippen LogP contribution < -0.4 is 30.7 Å². The molecule has 2 aromatic heterocycles. The smallest absolute Gasteiger partial charge is 0.320 e. The number of benzene rings is 4. The number of rotatable bonds is 33. The van der Waals surface area contributed by atoms with Crippen molar-refractivity contribution in [3.05, 3.63) is 95.6 Å². The van der Waals surface area contributed by atoms with Gasteiger partial charge in [-0.15, -0.1) is 20.4 Å². The summed E-state index contributed by atoms with van der Waals surface area (Å²) in [6.45, 7) is 11.7. The van der Waals surface area contributed by atoms with Crippen LogP contribution in [0.3, 0.4) is 0 Å². The summed E-state index contributed by atoms with van der Waals surface area (Å²) in [6, 6.07) is 16.6. The minimum absolute atomic E-state index is 0.00669. The van der Waals surface area contributed by atoms with Crippen LogP contribution in [-0.4, -0.2) is 301 Å². The fourth-order valence-electron chi connectivity index (χ4n) is 14.0. The summed E-state index contributed by atoms with van der Waals surface area (Å²) < 4.78 is 15.8. The molecule has 36 heteroatoms. The molecule has 6 amide bonds. The lowest BCUT2D eigenvalue weighted by molar-refractivity contribution is -0.145. The van der Waals surface area contributed by atoms with Crippen molar-refractivity contribution in [2.24, 2.45) is 0 Å². The number of aromatic hydroxyl groups is 4. The van der Waals surface area contributed by atoms with E-state index in [1.165, 1.54) is 36.0 Å². The SMILES string of the molecule is CCNC(=O)c1nnc(-c2cc(C(C)C)c(O)cc2O)n1-c1ccc(OC2CCN(C(=O)CCNC(=O)[C@@H](CCC(=O)N3CCC(Oc4ccc(-n5c(C(=O)NCC)nnc5-c5cc(C(C)C)c(O)cc5O)cc4)CC3)NC(=O)CC[C@H](C(=O)O)N3CCN(CC(=O)O)CCN(CC(=O)O)CCN(CC(=O)O)CC3)CC2)cc1. The van der Waals surface area contributed by atoms with Crippen LogP contribution in [0.5, 0.6) is 34.5 Å². The van der Waals surface area contributed by atoms with Crippen molar-refractivity contribution in [2.45, 2.75) is 135 Å². The van der Waals surface area contributed by atoms with Gasteiger partial charge in [0.25, 0.3) is 11.8 Å². The van der Waals surface area contributed by atoms with Crippen LogP contribution in [0, 0.1) is 0 Å². The number of carbonyl (C=O) groups is 10. The Morgan fingerprint density at radius 1 is 0.469 bits per heavy atom. The first kappa shape index (κ1) is 85.5. The zero-order valence-corrected chi connectivity index (χ0v) is 64.3. The number of hydrogen-bond acceptors (Lipinski definition) is 24. The zero-order chi connectivity index (χ0) is 81.7. The number of aliphatic carboxylic acids is 4. The van der Waals surface area contributed by atoms with Crippen molar-refractivity contribution in [3.8, 4) is 68.6 Å². The molecule has 610 valence electrons.